The van der Waals surface area contributed by atoms with Crippen LogP contribution in [0.3, 0.4) is 0 Å². The van der Waals surface area contributed by atoms with Crippen LogP contribution in [0.2, 0.25) is 0 Å². The molecule has 0 bridgehead atoms. The van der Waals surface area contributed by atoms with E-state index in [2.05, 4.69) is 5.32 Å². The van der Waals surface area contributed by atoms with Crippen molar-refractivity contribution in [1.29, 1.82) is 0 Å². The molecule has 0 aromatic carbocycles. The smallest absolute Gasteiger partial charge is 0.0265 e. The molecule has 2 heterocycles. The molecule has 0 saturated heterocycles. The van der Waals surface area contributed by atoms with Crippen LogP contribution in [0.25, 0.3) is 0 Å². The highest BCUT2D eigenvalue weighted by molar-refractivity contribution is 8.03. The zero-order valence-corrected chi connectivity index (χ0v) is 6.26. The second-order valence-electron chi connectivity index (χ2n) is 2.55. The molecule has 2 heteroatoms. The van der Waals surface area contributed by atoms with E-state index < -0.39 is 0 Å². The Balaban J connectivity index is 2.17. The lowest BCUT2D eigenvalue weighted by atomic mass is 10.1. The molecule has 0 unspecified atom stereocenters. The van der Waals surface area contributed by atoms with Gasteiger partial charge in [0.15, 0.2) is 0 Å². The summed E-state index contributed by atoms with van der Waals surface area (Å²) in [5.41, 5.74) is 1.73. The topological polar surface area (TPSA) is 12.0 Å². The predicted octanol–water partition coefficient (Wildman–Crippen LogP) is 1.37. The number of nitrogens with one attached hydrogen (secondary N) is 1. The van der Waals surface area contributed by atoms with E-state index >= 15 is 0 Å². The van der Waals surface area contributed by atoms with Gasteiger partial charge < -0.3 is 5.32 Å². The maximum absolute atomic E-state index is 3.38. The van der Waals surface area contributed by atoms with Gasteiger partial charge in [-0.2, -0.15) is 0 Å². The van der Waals surface area contributed by atoms with Gasteiger partial charge in [-0.15, -0.1) is 11.8 Å². The molecule has 1 nitrogen and oxygen atoms in total. The number of hydrogen-bond donors (Lipinski definition) is 1. The SMILES string of the molecule is C1CC2=C(CN1)SCC2. The van der Waals surface area contributed by atoms with E-state index in [0.29, 0.717) is 0 Å². The summed E-state index contributed by atoms with van der Waals surface area (Å²) in [6.45, 7) is 2.36. The Bertz CT molecular complexity index is 135. The van der Waals surface area contributed by atoms with Gasteiger partial charge in [-0.3, -0.25) is 0 Å². The van der Waals surface area contributed by atoms with Crippen LogP contribution in [0, 0.1) is 0 Å². The lowest BCUT2D eigenvalue weighted by Gasteiger charge is -2.13. The molecule has 2 aliphatic rings. The lowest BCUT2D eigenvalue weighted by Crippen LogP contribution is -2.22. The minimum absolute atomic E-state index is 1.15. The Morgan fingerprint density at radius 1 is 1.33 bits per heavy atom. The van der Waals surface area contributed by atoms with Crippen LogP contribution in [0.1, 0.15) is 12.8 Å². The third kappa shape index (κ3) is 1.01. The van der Waals surface area contributed by atoms with Crippen molar-refractivity contribution < 1.29 is 0 Å². The standard InChI is InChI=1S/C7H11NS/c1-3-8-5-7-6(1)2-4-9-7/h8H,1-5H2. The van der Waals surface area contributed by atoms with Gasteiger partial charge in [0.2, 0.25) is 0 Å². The zero-order chi connectivity index (χ0) is 6.10. The van der Waals surface area contributed by atoms with Crippen molar-refractivity contribution in [1.82, 2.24) is 5.32 Å². The fourth-order valence-corrected chi connectivity index (χ4v) is 2.63. The molecule has 0 amide bonds. The molecule has 0 saturated carbocycles. The van der Waals surface area contributed by atoms with E-state index in [1.165, 1.54) is 25.1 Å². The van der Waals surface area contributed by atoms with Gasteiger partial charge in [0.25, 0.3) is 0 Å². The Kier molecular flexibility index (Phi) is 1.52. The van der Waals surface area contributed by atoms with Gasteiger partial charge in [0, 0.05) is 12.3 Å². The van der Waals surface area contributed by atoms with Crippen molar-refractivity contribution in [2.45, 2.75) is 12.8 Å². The maximum Gasteiger partial charge on any atom is 0.0265 e. The van der Waals surface area contributed by atoms with Crippen LogP contribution in [0.4, 0.5) is 0 Å². The molecule has 50 valence electrons. The fraction of sp³-hybridized carbons (Fsp3) is 0.714. The molecule has 9 heavy (non-hydrogen) atoms. The normalized spacial score (nSPS) is 26.7. The summed E-state index contributed by atoms with van der Waals surface area (Å²) < 4.78 is 0. The first-order valence-electron chi connectivity index (χ1n) is 3.51. The molecular weight excluding hydrogens is 130 g/mol. The second-order valence-corrected chi connectivity index (χ2v) is 3.74. The molecule has 0 spiro atoms. The highest BCUT2D eigenvalue weighted by atomic mass is 32.2. The van der Waals surface area contributed by atoms with Crippen LogP contribution in [-0.4, -0.2) is 18.8 Å². The zero-order valence-electron chi connectivity index (χ0n) is 5.44. The largest absolute Gasteiger partial charge is 0.312 e. The minimum Gasteiger partial charge on any atom is -0.312 e. The average molecular weight is 141 g/mol. The van der Waals surface area contributed by atoms with Crippen molar-refractivity contribution in [3.63, 3.8) is 0 Å². The van der Waals surface area contributed by atoms with Gasteiger partial charge in [-0.25, -0.2) is 0 Å². The summed E-state index contributed by atoms with van der Waals surface area (Å²) in [4.78, 5) is 1.64. The molecule has 2 aliphatic heterocycles. The second kappa shape index (κ2) is 2.35. The average Bonchev–Trinajstić information content (AvgIpc) is 2.33. The number of rotatable bonds is 0. The lowest BCUT2D eigenvalue weighted by molar-refractivity contribution is 0.689. The van der Waals surface area contributed by atoms with E-state index in [1.807, 2.05) is 11.8 Å². The fourth-order valence-electron chi connectivity index (χ4n) is 1.42. The summed E-state index contributed by atoms with van der Waals surface area (Å²) in [5, 5.41) is 3.38. The molecule has 2 rings (SSSR count). The highest BCUT2D eigenvalue weighted by Crippen LogP contribution is 2.33. The summed E-state index contributed by atoms with van der Waals surface area (Å²) in [6, 6.07) is 0. The quantitative estimate of drug-likeness (QED) is 0.547. The predicted molar refractivity (Wildman–Crippen MR) is 41.6 cm³/mol. The van der Waals surface area contributed by atoms with Crippen LogP contribution in [0.15, 0.2) is 10.5 Å². The maximum atomic E-state index is 3.38. The van der Waals surface area contributed by atoms with Gasteiger partial charge in [-0.1, -0.05) is 5.57 Å². The molecule has 1 N–H and O–H groups in total. The summed E-state index contributed by atoms with van der Waals surface area (Å²) in [5.74, 6) is 1.34. The van der Waals surface area contributed by atoms with Gasteiger partial charge in [-0.05, 0) is 24.3 Å². The first kappa shape index (κ1) is 5.81. The van der Waals surface area contributed by atoms with Crippen molar-refractivity contribution in [3.8, 4) is 0 Å². The Hall–Kier alpha value is 0.0500. The monoisotopic (exact) mass is 141 g/mol. The molecule has 0 atom stereocenters. The van der Waals surface area contributed by atoms with E-state index in [0.717, 1.165) is 6.54 Å². The van der Waals surface area contributed by atoms with E-state index in [4.69, 9.17) is 0 Å². The van der Waals surface area contributed by atoms with Crippen LogP contribution in [-0.2, 0) is 0 Å². The summed E-state index contributed by atoms with van der Waals surface area (Å²) in [7, 11) is 0. The first-order valence-corrected chi connectivity index (χ1v) is 4.50. The molecule has 0 aromatic rings. The van der Waals surface area contributed by atoms with Crippen LogP contribution >= 0.6 is 11.8 Å². The van der Waals surface area contributed by atoms with Crippen molar-refractivity contribution in [2.24, 2.45) is 0 Å². The van der Waals surface area contributed by atoms with Crippen LogP contribution in [0.5, 0.6) is 0 Å². The van der Waals surface area contributed by atoms with Gasteiger partial charge in [0.05, 0.1) is 0 Å². The van der Waals surface area contributed by atoms with Crippen molar-refractivity contribution >= 4 is 11.8 Å². The third-order valence-electron chi connectivity index (χ3n) is 1.96. The van der Waals surface area contributed by atoms with E-state index in [9.17, 15) is 0 Å². The molecule has 0 fully saturated rings. The van der Waals surface area contributed by atoms with Crippen molar-refractivity contribution in [3.05, 3.63) is 10.5 Å². The Morgan fingerprint density at radius 2 is 2.33 bits per heavy atom. The number of thioether (sulfide) groups is 1. The Morgan fingerprint density at radius 3 is 3.22 bits per heavy atom. The minimum atomic E-state index is 1.15. The third-order valence-corrected chi connectivity index (χ3v) is 3.15. The summed E-state index contributed by atoms with van der Waals surface area (Å²) in [6.07, 6.45) is 2.67. The van der Waals surface area contributed by atoms with Crippen LogP contribution < -0.4 is 5.32 Å². The number of hydrogen-bond acceptors (Lipinski definition) is 2. The highest BCUT2D eigenvalue weighted by Gasteiger charge is 2.17. The van der Waals surface area contributed by atoms with Gasteiger partial charge in [0.1, 0.15) is 0 Å². The first-order chi connectivity index (χ1) is 4.47. The molecule has 0 aliphatic carbocycles. The molecular formula is C7H11NS. The van der Waals surface area contributed by atoms with E-state index in [1.54, 1.807) is 10.5 Å². The Labute approximate surface area is 59.9 Å². The molecule has 0 radical (unpaired) electrons. The van der Waals surface area contributed by atoms with E-state index in [-0.39, 0.29) is 0 Å². The summed E-state index contributed by atoms with van der Waals surface area (Å²) >= 11 is 2.04. The van der Waals surface area contributed by atoms with Crippen molar-refractivity contribution in [2.75, 3.05) is 18.8 Å². The van der Waals surface area contributed by atoms with Gasteiger partial charge >= 0.3 is 0 Å². The molecule has 0 aromatic heterocycles.